The molecular formula is C16H20ClN. The van der Waals surface area contributed by atoms with Crippen molar-refractivity contribution in [1.29, 1.82) is 5.26 Å². The zero-order chi connectivity index (χ0) is 13.2. The van der Waals surface area contributed by atoms with Gasteiger partial charge in [-0.2, -0.15) is 5.26 Å². The van der Waals surface area contributed by atoms with Crippen LogP contribution >= 0.6 is 11.6 Å². The maximum absolute atomic E-state index is 8.69. The van der Waals surface area contributed by atoms with Crippen molar-refractivity contribution in [3.05, 3.63) is 34.3 Å². The summed E-state index contributed by atoms with van der Waals surface area (Å²) in [5, 5.41) is 9.53. The van der Waals surface area contributed by atoms with E-state index in [1.165, 1.54) is 31.2 Å². The van der Waals surface area contributed by atoms with Crippen LogP contribution in [0.3, 0.4) is 0 Å². The molecule has 1 saturated carbocycles. The molecule has 2 rings (SSSR count). The van der Waals surface area contributed by atoms with E-state index >= 15 is 0 Å². The second-order valence-corrected chi connectivity index (χ2v) is 6.54. The van der Waals surface area contributed by atoms with Crippen molar-refractivity contribution in [2.75, 3.05) is 0 Å². The van der Waals surface area contributed by atoms with E-state index in [2.05, 4.69) is 26.0 Å². The minimum absolute atomic E-state index is 0.442. The number of halogens is 1. The van der Waals surface area contributed by atoms with Gasteiger partial charge in [-0.3, -0.25) is 0 Å². The van der Waals surface area contributed by atoms with Crippen LogP contribution in [0.25, 0.3) is 0 Å². The van der Waals surface area contributed by atoms with Crippen LogP contribution in [-0.4, -0.2) is 0 Å². The van der Waals surface area contributed by atoms with Gasteiger partial charge >= 0.3 is 0 Å². The number of nitrogens with zero attached hydrogens (tertiary/aromatic N) is 1. The van der Waals surface area contributed by atoms with Crippen molar-refractivity contribution in [2.45, 2.75) is 51.9 Å². The molecule has 0 spiro atoms. The van der Waals surface area contributed by atoms with Crippen LogP contribution in [0.2, 0.25) is 5.02 Å². The van der Waals surface area contributed by atoms with Crippen LogP contribution in [0, 0.1) is 16.7 Å². The van der Waals surface area contributed by atoms with Crippen molar-refractivity contribution >= 4 is 11.6 Å². The molecule has 0 aliphatic heterocycles. The van der Waals surface area contributed by atoms with Gasteiger partial charge in [0, 0.05) is 5.02 Å². The third-order valence-corrected chi connectivity index (χ3v) is 4.45. The van der Waals surface area contributed by atoms with E-state index in [0.29, 0.717) is 17.8 Å². The first-order chi connectivity index (χ1) is 8.52. The second kappa shape index (κ2) is 5.33. The molecule has 0 heterocycles. The Bertz CT molecular complexity index is 460. The lowest BCUT2D eigenvalue weighted by atomic mass is 9.71. The van der Waals surface area contributed by atoms with E-state index < -0.39 is 0 Å². The predicted octanol–water partition coefficient (Wildman–Crippen LogP) is 5.09. The van der Waals surface area contributed by atoms with E-state index in [1.54, 1.807) is 0 Å². The van der Waals surface area contributed by atoms with Gasteiger partial charge in [0.1, 0.15) is 0 Å². The van der Waals surface area contributed by atoms with E-state index in [-0.39, 0.29) is 0 Å². The number of hydrogen-bond donors (Lipinski definition) is 0. The third-order valence-electron chi connectivity index (χ3n) is 4.13. The fourth-order valence-electron chi connectivity index (χ4n) is 2.81. The normalized spacial score (nSPS) is 19.4. The maximum Gasteiger partial charge on any atom is 0.0669 e. The first kappa shape index (κ1) is 13.4. The molecule has 1 aliphatic carbocycles. The monoisotopic (exact) mass is 261 g/mol. The highest BCUT2D eigenvalue weighted by Crippen LogP contribution is 2.44. The third kappa shape index (κ3) is 3.06. The first-order valence-electron chi connectivity index (χ1n) is 6.67. The molecule has 1 aromatic carbocycles. The smallest absolute Gasteiger partial charge is 0.0669 e. The van der Waals surface area contributed by atoms with Crippen molar-refractivity contribution in [1.82, 2.24) is 0 Å². The number of benzene rings is 1. The zero-order valence-corrected chi connectivity index (χ0v) is 11.9. The molecule has 1 fully saturated rings. The minimum atomic E-state index is 0.442. The van der Waals surface area contributed by atoms with Crippen molar-refractivity contribution < 1.29 is 0 Å². The first-order valence-corrected chi connectivity index (χ1v) is 7.05. The summed E-state index contributed by atoms with van der Waals surface area (Å²) in [6.45, 7) is 4.70. The Hall–Kier alpha value is -1.00. The summed E-state index contributed by atoms with van der Waals surface area (Å²) in [5.41, 5.74) is 2.78. The summed E-state index contributed by atoms with van der Waals surface area (Å²) in [4.78, 5) is 0. The van der Waals surface area contributed by atoms with Crippen molar-refractivity contribution in [2.24, 2.45) is 5.41 Å². The average Bonchev–Trinajstić information content (AvgIpc) is 2.31. The van der Waals surface area contributed by atoms with E-state index in [4.69, 9.17) is 16.9 Å². The van der Waals surface area contributed by atoms with Crippen LogP contribution < -0.4 is 0 Å². The molecule has 1 aromatic rings. The highest BCUT2D eigenvalue weighted by molar-refractivity contribution is 6.31. The van der Waals surface area contributed by atoms with Crippen molar-refractivity contribution in [3.8, 4) is 6.07 Å². The molecule has 0 saturated heterocycles. The van der Waals surface area contributed by atoms with Crippen LogP contribution in [0.4, 0.5) is 0 Å². The van der Waals surface area contributed by atoms with Gasteiger partial charge in [0.2, 0.25) is 0 Å². The highest BCUT2D eigenvalue weighted by Gasteiger charge is 2.28. The Morgan fingerprint density at radius 3 is 2.56 bits per heavy atom. The van der Waals surface area contributed by atoms with Crippen molar-refractivity contribution in [3.63, 3.8) is 0 Å². The largest absolute Gasteiger partial charge is 0.198 e. The zero-order valence-electron chi connectivity index (χ0n) is 11.2. The molecule has 0 N–H and O–H groups in total. The van der Waals surface area contributed by atoms with Gasteiger partial charge in [-0.15, -0.1) is 0 Å². The second-order valence-electron chi connectivity index (χ2n) is 6.13. The molecule has 1 aliphatic rings. The number of hydrogen-bond acceptors (Lipinski definition) is 1. The predicted molar refractivity (Wildman–Crippen MR) is 75.8 cm³/mol. The standard InChI is InChI=1S/C16H20ClN/c1-16(2)8-5-13(6-9-16)14-4-3-12(7-10-18)11-15(14)17/h3-4,11,13H,5-9H2,1-2H3. The van der Waals surface area contributed by atoms with Crippen LogP contribution in [0.5, 0.6) is 0 Å². The lowest BCUT2D eigenvalue weighted by Gasteiger charge is -2.34. The summed E-state index contributed by atoms with van der Waals surface area (Å²) in [5.74, 6) is 0.599. The Morgan fingerprint density at radius 1 is 1.33 bits per heavy atom. The summed E-state index contributed by atoms with van der Waals surface area (Å²) >= 11 is 6.36. The van der Waals surface area contributed by atoms with E-state index in [1.807, 2.05) is 12.1 Å². The van der Waals surface area contributed by atoms with Gasteiger partial charge in [0.15, 0.2) is 0 Å². The lowest BCUT2D eigenvalue weighted by molar-refractivity contribution is 0.224. The van der Waals surface area contributed by atoms with Crippen LogP contribution in [0.1, 0.15) is 56.6 Å². The molecule has 1 nitrogen and oxygen atoms in total. The van der Waals surface area contributed by atoms with Gasteiger partial charge in [-0.05, 0) is 54.2 Å². The quantitative estimate of drug-likeness (QED) is 0.727. The van der Waals surface area contributed by atoms with Gasteiger partial charge in [-0.25, -0.2) is 0 Å². The molecular weight excluding hydrogens is 242 g/mol. The molecule has 96 valence electrons. The van der Waals surface area contributed by atoms with E-state index in [9.17, 15) is 0 Å². The average molecular weight is 262 g/mol. The summed E-state index contributed by atoms with van der Waals surface area (Å²) in [6, 6.07) is 8.29. The Labute approximate surface area is 115 Å². The molecule has 0 radical (unpaired) electrons. The van der Waals surface area contributed by atoms with Gasteiger partial charge in [-0.1, -0.05) is 37.6 Å². The Kier molecular flexibility index (Phi) is 3.97. The van der Waals surface area contributed by atoms with Crippen LogP contribution in [0.15, 0.2) is 18.2 Å². The lowest BCUT2D eigenvalue weighted by Crippen LogP contribution is -2.20. The summed E-state index contributed by atoms with van der Waals surface area (Å²) in [7, 11) is 0. The molecule has 0 atom stereocenters. The van der Waals surface area contributed by atoms with Crippen LogP contribution in [-0.2, 0) is 6.42 Å². The minimum Gasteiger partial charge on any atom is -0.198 e. The van der Waals surface area contributed by atoms with Gasteiger partial charge < -0.3 is 0 Å². The Balaban J connectivity index is 2.13. The number of nitriles is 1. The Morgan fingerprint density at radius 2 is 2.00 bits per heavy atom. The highest BCUT2D eigenvalue weighted by atomic mass is 35.5. The fourth-order valence-corrected chi connectivity index (χ4v) is 3.17. The molecule has 2 heteroatoms. The van der Waals surface area contributed by atoms with E-state index in [0.717, 1.165) is 10.6 Å². The molecule has 18 heavy (non-hydrogen) atoms. The summed E-state index contributed by atoms with van der Waals surface area (Å²) < 4.78 is 0. The SMILES string of the molecule is CC1(C)CCC(c2ccc(CC#N)cc2Cl)CC1. The topological polar surface area (TPSA) is 23.8 Å². The van der Waals surface area contributed by atoms with Gasteiger partial charge in [0.05, 0.1) is 12.5 Å². The molecule has 0 unspecified atom stereocenters. The maximum atomic E-state index is 8.69. The molecule has 0 aromatic heterocycles. The fraction of sp³-hybridized carbons (Fsp3) is 0.562. The summed E-state index contributed by atoms with van der Waals surface area (Å²) in [6.07, 6.45) is 5.44. The molecule has 0 bridgehead atoms. The molecule has 0 amide bonds. The number of rotatable bonds is 2. The van der Waals surface area contributed by atoms with Gasteiger partial charge in [0.25, 0.3) is 0 Å².